The molecule has 2 saturated carbocycles. The van der Waals surface area contributed by atoms with Crippen molar-refractivity contribution in [1.82, 2.24) is 4.90 Å². The van der Waals surface area contributed by atoms with Gasteiger partial charge in [-0.25, -0.2) is 0 Å². The number of hydrogen-bond acceptors (Lipinski definition) is 2. The summed E-state index contributed by atoms with van der Waals surface area (Å²) in [7, 11) is 2.28. The Labute approximate surface area is 125 Å². The van der Waals surface area contributed by atoms with Gasteiger partial charge in [0.1, 0.15) is 0 Å². The van der Waals surface area contributed by atoms with Gasteiger partial charge in [-0.15, -0.1) is 0 Å². The average molecular weight is 276 g/mol. The molecule has 2 fully saturated rings. The highest BCUT2D eigenvalue weighted by Gasteiger charge is 2.40. The number of hydrogen-bond donors (Lipinski definition) is 0. The van der Waals surface area contributed by atoms with E-state index in [1.54, 1.807) is 0 Å². The first-order chi connectivity index (χ1) is 9.49. The molecule has 0 saturated heterocycles. The molecule has 0 bridgehead atoms. The van der Waals surface area contributed by atoms with Gasteiger partial charge in [-0.05, 0) is 50.5 Å². The van der Waals surface area contributed by atoms with Gasteiger partial charge in [-0.3, -0.25) is 4.90 Å². The summed E-state index contributed by atoms with van der Waals surface area (Å²) in [6.07, 6.45) is 10.3. The van der Waals surface area contributed by atoms with Crippen LogP contribution in [0.2, 0.25) is 0 Å². The van der Waals surface area contributed by atoms with E-state index in [1.807, 2.05) is 0 Å². The third-order valence-corrected chi connectivity index (χ3v) is 6.42. The summed E-state index contributed by atoms with van der Waals surface area (Å²) in [5.74, 6) is 1.04. The monoisotopic (exact) mass is 276 g/mol. The zero-order valence-electron chi connectivity index (χ0n) is 13.9. The first-order valence-electron chi connectivity index (χ1n) is 8.61. The van der Waals surface area contributed by atoms with Gasteiger partial charge in [-0.2, -0.15) is 5.26 Å². The molecule has 2 aliphatic carbocycles. The van der Waals surface area contributed by atoms with E-state index in [-0.39, 0.29) is 5.92 Å². The van der Waals surface area contributed by atoms with Gasteiger partial charge in [0.05, 0.1) is 12.0 Å². The largest absolute Gasteiger partial charge is 0.299 e. The summed E-state index contributed by atoms with van der Waals surface area (Å²) >= 11 is 0. The van der Waals surface area contributed by atoms with Crippen LogP contribution < -0.4 is 0 Å². The van der Waals surface area contributed by atoms with E-state index in [0.717, 1.165) is 18.4 Å². The summed E-state index contributed by atoms with van der Waals surface area (Å²) in [6, 6.07) is 3.84. The highest BCUT2D eigenvalue weighted by Crippen LogP contribution is 2.44. The molecule has 2 nitrogen and oxygen atoms in total. The minimum absolute atomic E-state index is 0.254. The molecule has 20 heavy (non-hydrogen) atoms. The SMILES string of the molecule is CCC(C)(C)C1CCC(C#N)C(N(C)C2CCCC2)C1. The molecule has 2 rings (SSSR count). The lowest BCUT2D eigenvalue weighted by Gasteiger charge is -2.45. The van der Waals surface area contributed by atoms with Crippen molar-refractivity contribution in [3.05, 3.63) is 0 Å². The Kier molecular flexibility index (Phi) is 5.13. The van der Waals surface area contributed by atoms with E-state index >= 15 is 0 Å². The van der Waals surface area contributed by atoms with Crippen molar-refractivity contribution in [2.45, 2.75) is 84.2 Å². The highest BCUT2D eigenvalue weighted by molar-refractivity contribution is 5.00. The third-order valence-electron chi connectivity index (χ3n) is 6.42. The van der Waals surface area contributed by atoms with Crippen molar-refractivity contribution in [3.63, 3.8) is 0 Å². The van der Waals surface area contributed by atoms with Gasteiger partial charge in [0, 0.05) is 12.1 Å². The lowest BCUT2D eigenvalue weighted by Crippen LogP contribution is -2.48. The van der Waals surface area contributed by atoms with Crippen molar-refractivity contribution >= 4 is 0 Å². The Hall–Kier alpha value is -0.550. The second-order valence-electron chi connectivity index (χ2n) is 7.76. The summed E-state index contributed by atoms with van der Waals surface area (Å²) < 4.78 is 0. The molecule has 0 amide bonds. The molecule has 0 aromatic heterocycles. The predicted molar refractivity (Wildman–Crippen MR) is 84.3 cm³/mol. The van der Waals surface area contributed by atoms with Crippen LogP contribution in [0.4, 0.5) is 0 Å². The molecule has 3 atom stereocenters. The van der Waals surface area contributed by atoms with Crippen LogP contribution in [0.15, 0.2) is 0 Å². The van der Waals surface area contributed by atoms with Crippen LogP contribution in [0.5, 0.6) is 0 Å². The first-order valence-corrected chi connectivity index (χ1v) is 8.61. The van der Waals surface area contributed by atoms with E-state index in [0.29, 0.717) is 11.5 Å². The number of rotatable bonds is 4. The van der Waals surface area contributed by atoms with Crippen molar-refractivity contribution < 1.29 is 0 Å². The first kappa shape index (κ1) is 15.8. The summed E-state index contributed by atoms with van der Waals surface area (Å²) in [5, 5.41) is 9.52. The number of nitriles is 1. The minimum Gasteiger partial charge on any atom is -0.299 e. The maximum absolute atomic E-state index is 9.52. The van der Waals surface area contributed by atoms with Crippen LogP contribution in [0.3, 0.4) is 0 Å². The van der Waals surface area contributed by atoms with Crippen molar-refractivity contribution in [1.29, 1.82) is 5.26 Å². The molecule has 0 N–H and O–H groups in total. The number of nitrogens with zero attached hydrogens (tertiary/aromatic N) is 2. The third kappa shape index (κ3) is 3.19. The Morgan fingerprint density at radius 2 is 1.80 bits per heavy atom. The molecule has 2 heteroatoms. The minimum atomic E-state index is 0.254. The van der Waals surface area contributed by atoms with E-state index in [1.165, 1.54) is 44.9 Å². The standard InChI is InChI=1S/C18H32N2/c1-5-18(2,3)15-11-10-14(13-19)17(12-15)20(4)16-8-6-7-9-16/h14-17H,5-12H2,1-4H3. The van der Waals surface area contributed by atoms with Gasteiger partial charge in [0.25, 0.3) is 0 Å². The summed E-state index contributed by atoms with van der Waals surface area (Å²) in [6.45, 7) is 7.14. The Balaban J connectivity index is 2.08. The normalized spacial score (nSPS) is 32.5. The van der Waals surface area contributed by atoms with Gasteiger partial charge in [0.15, 0.2) is 0 Å². The summed E-state index contributed by atoms with van der Waals surface area (Å²) in [5.41, 5.74) is 0.426. The van der Waals surface area contributed by atoms with Gasteiger partial charge >= 0.3 is 0 Å². The van der Waals surface area contributed by atoms with E-state index in [4.69, 9.17) is 0 Å². The molecular weight excluding hydrogens is 244 g/mol. The molecule has 2 aliphatic rings. The zero-order valence-corrected chi connectivity index (χ0v) is 13.9. The quantitative estimate of drug-likeness (QED) is 0.750. The van der Waals surface area contributed by atoms with Gasteiger partial charge < -0.3 is 0 Å². The maximum atomic E-state index is 9.52. The second kappa shape index (κ2) is 6.48. The van der Waals surface area contributed by atoms with Crippen LogP contribution in [0.25, 0.3) is 0 Å². The molecule has 0 heterocycles. The highest BCUT2D eigenvalue weighted by atomic mass is 15.2. The fourth-order valence-electron chi connectivity index (χ4n) is 4.33. The van der Waals surface area contributed by atoms with Gasteiger partial charge in [-0.1, -0.05) is 40.0 Å². The molecule has 0 spiro atoms. The van der Waals surface area contributed by atoms with Crippen LogP contribution in [-0.4, -0.2) is 24.0 Å². The van der Waals surface area contributed by atoms with Crippen molar-refractivity contribution in [2.24, 2.45) is 17.3 Å². The van der Waals surface area contributed by atoms with Crippen LogP contribution >= 0.6 is 0 Å². The lowest BCUT2D eigenvalue weighted by atomic mass is 9.66. The average Bonchev–Trinajstić information content (AvgIpc) is 3.00. The van der Waals surface area contributed by atoms with Crippen molar-refractivity contribution in [2.75, 3.05) is 7.05 Å². The van der Waals surface area contributed by atoms with Crippen LogP contribution in [0, 0.1) is 28.6 Å². The van der Waals surface area contributed by atoms with Gasteiger partial charge in [0.2, 0.25) is 0 Å². The molecule has 3 unspecified atom stereocenters. The summed E-state index contributed by atoms with van der Waals surface area (Å²) in [4.78, 5) is 2.58. The molecular formula is C18H32N2. The lowest BCUT2D eigenvalue weighted by molar-refractivity contribution is 0.0449. The van der Waals surface area contributed by atoms with Crippen LogP contribution in [-0.2, 0) is 0 Å². The van der Waals surface area contributed by atoms with Crippen molar-refractivity contribution in [3.8, 4) is 6.07 Å². The zero-order chi connectivity index (χ0) is 14.8. The van der Waals surface area contributed by atoms with Crippen LogP contribution in [0.1, 0.15) is 72.1 Å². The topological polar surface area (TPSA) is 27.0 Å². The molecule has 0 radical (unpaired) electrons. The maximum Gasteiger partial charge on any atom is 0.0672 e. The molecule has 0 aromatic rings. The fourth-order valence-corrected chi connectivity index (χ4v) is 4.33. The Bertz CT molecular complexity index is 349. The fraction of sp³-hybridized carbons (Fsp3) is 0.944. The van der Waals surface area contributed by atoms with E-state index < -0.39 is 0 Å². The van der Waals surface area contributed by atoms with E-state index in [2.05, 4.69) is 38.8 Å². The molecule has 0 aliphatic heterocycles. The Morgan fingerprint density at radius 3 is 2.35 bits per heavy atom. The predicted octanol–water partition coefficient (Wildman–Crippen LogP) is 4.61. The smallest absolute Gasteiger partial charge is 0.0672 e. The molecule has 0 aromatic carbocycles. The molecule has 114 valence electrons. The second-order valence-corrected chi connectivity index (χ2v) is 7.76. The van der Waals surface area contributed by atoms with E-state index in [9.17, 15) is 5.26 Å². The Morgan fingerprint density at radius 1 is 1.15 bits per heavy atom.